The molecule has 0 aliphatic heterocycles. The number of nitrogen functional groups attached to an aromatic ring is 1. The van der Waals surface area contributed by atoms with Gasteiger partial charge in [0.15, 0.2) is 5.65 Å². The Hall–Kier alpha value is -2.54. The monoisotopic (exact) mass is 490 g/mol. The summed E-state index contributed by atoms with van der Waals surface area (Å²) in [7, 11) is 0. The topological polar surface area (TPSA) is 78.8 Å². The van der Waals surface area contributed by atoms with E-state index >= 15 is 0 Å². The van der Waals surface area contributed by atoms with Gasteiger partial charge in [0.25, 0.3) is 0 Å². The minimum atomic E-state index is -4.82. The van der Waals surface area contributed by atoms with E-state index in [0.717, 1.165) is 4.90 Å². The Morgan fingerprint density at radius 2 is 1.67 bits per heavy atom. The lowest BCUT2D eigenvalue weighted by molar-refractivity contribution is -0.177. The molecule has 13 heteroatoms. The second-order valence-electron chi connectivity index (χ2n) is 7.75. The number of alkyl halides is 6. The molecule has 1 aliphatic rings. The van der Waals surface area contributed by atoms with Crippen molar-refractivity contribution in [2.24, 2.45) is 0 Å². The van der Waals surface area contributed by atoms with Crippen molar-refractivity contribution < 1.29 is 31.1 Å². The number of halogens is 6. The van der Waals surface area contributed by atoms with E-state index in [-0.39, 0.29) is 12.5 Å². The third-order valence-electron chi connectivity index (χ3n) is 4.83. The number of fused-ring (bicyclic) bond motifs is 1. The average molecular weight is 490 g/mol. The Labute approximate surface area is 188 Å². The van der Waals surface area contributed by atoms with Gasteiger partial charge in [0.1, 0.15) is 16.6 Å². The molecule has 4 rings (SSSR count). The van der Waals surface area contributed by atoms with E-state index in [4.69, 9.17) is 10.5 Å². The molecule has 1 saturated carbocycles. The summed E-state index contributed by atoms with van der Waals surface area (Å²) in [5.74, 6) is -0.0326. The highest BCUT2D eigenvalue weighted by molar-refractivity contribution is 7.99. The minimum Gasteiger partial charge on any atom is -0.368 e. The molecule has 1 aliphatic carbocycles. The van der Waals surface area contributed by atoms with Crippen molar-refractivity contribution in [2.45, 2.75) is 60.1 Å². The van der Waals surface area contributed by atoms with Crippen LogP contribution in [0.25, 0.3) is 11.2 Å². The minimum absolute atomic E-state index is 0.0192. The van der Waals surface area contributed by atoms with Crippen molar-refractivity contribution in [3.63, 3.8) is 0 Å². The number of nitrogens with two attached hydrogens (primary N) is 1. The van der Waals surface area contributed by atoms with E-state index < -0.39 is 36.9 Å². The molecule has 2 heterocycles. The molecule has 0 spiro atoms. The van der Waals surface area contributed by atoms with Crippen LogP contribution in [0.5, 0.6) is 0 Å². The molecule has 3 aromatic rings. The first-order chi connectivity index (χ1) is 15.4. The van der Waals surface area contributed by atoms with E-state index in [0.29, 0.717) is 29.0 Å². The molecular weight excluding hydrogens is 472 g/mol. The van der Waals surface area contributed by atoms with Gasteiger partial charge in [-0.2, -0.15) is 31.3 Å². The number of imidazole rings is 1. The second kappa shape index (κ2) is 8.67. The van der Waals surface area contributed by atoms with Gasteiger partial charge >= 0.3 is 12.4 Å². The Balaban J connectivity index is 1.57. The predicted molar refractivity (Wildman–Crippen MR) is 108 cm³/mol. The van der Waals surface area contributed by atoms with E-state index in [2.05, 4.69) is 15.0 Å². The van der Waals surface area contributed by atoms with Crippen LogP contribution in [-0.2, 0) is 11.3 Å². The molecule has 1 fully saturated rings. The van der Waals surface area contributed by atoms with Crippen molar-refractivity contribution in [3.05, 3.63) is 42.8 Å². The first kappa shape index (κ1) is 23.6. The summed E-state index contributed by atoms with van der Waals surface area (Å²) in [6.45, 7) is -0.0192. The van der Waals surface area contributed by atoms with Gasteiger partial charge in [0, 0.05) is 4.90 Å². The fraction of sp³-hybridized carbons (Fsp3) is 0.400. The van der Waals surface area contributed by atoms with Crippen molar-refractivity contribution in [2.75, 3.05) is 5.73 Å². The number of anilines is 1. The van der Waals surface area contributed by atoms with Crippen LogP contribution in [-0.4, -0.2) is 37.5 Å². The van der Waals surface area contributed by atoms with Gasteiger partial charge in [-0.15, -0.1) is 0 Å². The van der Waals surface area contributed by atoms with Gasteiger partial charge < -0.3 is 15.0 Å². The number of ether oxygens (including phenoxy) is 1. The van der Waals surface area contributed by atoms with E-state index in [1.165, 1.54) is 22.7 Å². The van der Waals surface area contributed by atoms with Gasteiger partial charge in [-0.25, -0.2) is 9.97 Å². The van der Waals surface area contributed by atoms with Gasteiger partial charge in [-0.1, -0.05) is 30.0 Å². The highest BCUT2D eigenvalue weighted by Gasteiger charge is 2.50. The molecule has 0 atom stereocenters. The van der Waals surface area contributed by atoms with Gasteiger partial charge in [-0.3, -0.25) is 0 Å². The summed E-state index contributed by atoms with van der Waals surface area (Å²) >= 11 is 1.31. The lowest BCUT2D eigenvalue weighted by atomic mass is 10.1. The zero-order chi connectivity index (χ0) is 23.9. The smallest absolute Gasteiger partial charge is 0.368 e. The Bertz CT molecular complexity index is 1100. The van der Waals surface area contributed by atoms with Crippen LogP contribution in [0.15, 0.2) is 46.6 Å². The maximum absolute atomic E-state index is 12.8. The molecule has 0 saturated heterocycles. The summed E-state index contributed by atoms with van der Waals surface area (Å²) in [4.78, 5) is 13.6. The largest absolute Gasteiger partial charge is 0.391 e. The summed E-state index contributed by atoms with van der Waals surface area (Å²) < 4.78 is 83.7. The molecule has 0 amide bonds. The Morgan fingerprint density at radius 3 is 2.24 bits per heavy atom. The van der Waals surface area contributed by atoms with Crippen LogP contribution in [0.4, 0.5) is 32.3 Å². The molecule has 6 nitrogen and oxygen atoms in total. The molecule has 0 unspecified atom stereocenters. The first-order valence-electron chi connectivity index (χ1n) is 9.80. The van der Waals surface area contributed by atoms with Crippen molar-refractivity contribution in [1.29, 1.82) is 0 Å². The Kier molecular flexibility index (Phi) is 6.20. The Morgan fingerprint density at radius 1 is 1.03 bits per heavy atom. The van der Waals surface area contributed by atoms with Gasteiger partial charge in [-0.05, 0) is 25.0 Å². The molecule has 1 aromatic carbocycles. The highest BCUT2D eigenvalue weighted by atomic mass is 32.2. The van der Waals surface area contributed by atoms with E-state index in [1.807, 2.05) is 30.3 Å². The van der Waals surface area contributed by atoms with Crippen LogP contribution in [0.2, 0.25) is 0 Å². The number of hydrogen-bond donors (Lipinski definition) is 1. The van der Waals surface area contributed by atoms with Crippen LogP contribution < -0.4 is 5.73 Å². The third-order valence-corrected chi connectivity index (χ3v) is 5.82. The average Bonchev–Trinajstić information content (AvgIpc) is 3.31. The zero-order valence-electron chi connectivity index (χ0n) is 17.0. The first-order valence-corrected chi connectivity index (χ1v) is 10.6. The van der Waals surface area contributed by atoms with Crippen LogP contribution in [0.3, 0.4) is 0 Å². The quantitative estimate of drug-likeness (QED) is 0.330. The normalized spacial score (nSPS) is 16.0. The fourth-order valence-corrected chi connectivity index (χ4v) is 4.25. The number of aromatic nitrogens is 4. The highest BCUT2D eigenvalue weighted by Crippen LogP contribution is 2.47. The number of benzene rings is 1. The molecule has 2 aromatic heterocycles. The van der Waals surface area contributed by atoms with Crippen molar-refractivity contribution in [1.82, 2.24) is 19.5 Å². The van der Waals surface area contributed by atoms with Crippen molar-refractivity contribution >= 4 is 28.9 Å². The standard InChI is InChI=1S/C20H18F6N5OS/c21-19(22,23)8-12(9-20(24,25)26)32-18(6-7-18)10-31-11-28-14-15(31)29-17(27)30-16(14)33-13-4-2-1-3-5-13/h1-5,11H,6-10H2,(H2,27,29,30). The van der Waals surface area contributed by atoms with Crippen LogP contribution in [0.1, 0.15) is 25.7 Å². The number of rotatable bonds is 8. The molecule has 0 bridgehead atoms. The predicted octanol–water partition coefficient (Wildman–Crippen LogP) is 5.55. The summed E-state index contributed by atoms with van der Waals surface area (Å²) in [5.41, 5.74) is 5.40. The third kappa shape index (κ3) is 6.28. The van der Waals surface area contributed by atoms with Crippen LogP contribution in [0, 0.1) is 6.10 Å². The van der Waals surface area contributed by atoms with Gasteiger partial charge in [0.05, 0.1) is 31.3 Å². The second-order valence-corrected chi connectivity index (χ2v) is 8.82. The summed E-state index contributed by atoms with van der Waals surface area (Å²) in [6, 6.07) is 9.31. The summed E-state index contributed by atoms with van der Waals surface area (Å²) in [6.07, 6.45) is -12.2. The zero-order valence-corrected chi connectivity index (χ0v) is 17.8. The SMILES string of the molecule is Nc1nc(Sc2ccccc2)c2ncn(CC3(O[C](CC(F)(F)F)CC(F)(F)F)CC3)c2n1. The maximum Gasteiger partial charge on any atom is 0.391 e. The maximum atomic E-state index is 12.8. The number of nitrogens with zero attached hydrogens (tertiary/aromatic N) is 4. The van der Waals surface area contributed by atoms with Crippen molar-refractivity contribution in [3.8, 4) is 0 Å². The molecule has 33 heavy (non-hydrogen) atoms. The molecular formula is C20H18F6N5OS. The molecule has 2 N–H and O–H groups in total. The van der Waals surface area contributed by atoms with Crippen LogP contribution >= 0.6 is 11.8 Å². The summed E-state index contributed by atoms with van der Waals surface area (Å²) in [5, 5.41) is 0.481. The van der Waals surface area contributed by atoms with E-state index in [9.17, 15) is 26.3 Å². The molecule has 1 radical (unpaired) electrons. The van der Waals surface area contributed by atoms with Gasteiger partial charge in [0.2, 0.25) is 5.95 Å². The van der Waals surface area contributed by atoms with E-state index in [1.54, 1.807) is 0 Å². The number of hydrogen-bond acceptors (Lipinski definition) is 6. The molecule has 177 valence electrons. The fourth-order valence-electron chi connectivity index (χ4n) is 3.35. The lowest BCUT2D eigenvalue weighted by Gasteiger charge is -2.26. The lowest BCUT2D eigenvalue weighted by Crippen LogP contribution is -2.29.